The average molecular weight is 619 g/mol. The first-order chi connectivity index (χ1) is 21.4. The van der Waals surface area contributed by atoms with E-state index in [1.165, 1.54) is 36.4 Å². The number of nitrogens with zero attached hydrogens (tertiary/aromatic N) is 2. The van der Waals surface area contributed by atoms with E-state index in [1.54, 1.807) is 0 Å². The molecule has 12 heteroatoms. The number of benzene rings is 3. The van der Waals surface area contributed by atoms with Crippen LogP contribution in [0.1, 0.15) is 39.6 Å². The molecule has 1 amide bonds. The van der Waals surface area contributed by atoms with E-state index in [-0.39, 0.29) is 11.0 Å². The van der Waals surface area contributed by atoms with Crippen LogP contribution < -0.4 is 0 Å². The first-order valence-corrected chi connectivity index (χ1v) is 14.2. The van der Waals surface area contributed by atoms with E-state index in [1.807, 2.05) is 37.3 Å². The van der Waals surface area contributed by atoms with Gasteiger partial charge in [-0.05, 0) is 24.4 Å². The van der Waals surface area contributed by atoms with Crippen molar-refractivity contribution in [3.63, 3.8) is 0 Å². The van der Waals surface area contributed by atoms with Gasteiger partial charge in [-0.15, -0.1) is 5.06 Å². The van der Waals surface area contributed by atoms with E-state index in [0.717, 1.165) is 43.4 Å². The van der Waals surface area contributed by atoms with Crippen LogP contribution in [-0.2, 0) is 25.7 Å². The molecule has 3 N–H and O–H groups in total. The van der Waals surface area contributed by atoms with Gasteiger partial charge in [0.25, 0.3) is 11.2 Å². The van der Waals surface area contributed by atoms with Crippen LogP contribution in [0.5, 0.6) is 0 Å². The maximum atomic E-state index is 13.6. The Bertz CT molecular complexity index is 1530. The molecule has 0 aliphatic carbocycles. The molecule has 1 aliphatic heterocycles. The van der Waals surface area contributed by atoms with Crippen LogP contribution in [0.2, 0.25) is 0 Å². The van der Waals surface area contributed by atoms with Crippen LogP contribution in [0.15, 0.2) is 91.0 Å². The molecule has 0 saturated carbocycles. The third-order valence-corrected chi connectivity index (χ3v) is 7.81. The summed E-state index contributed by atoms with van der Waals surface area (Å²) < 4.78 is 5.60. The highest BCUT2D eigenvalue weighted by Crippen LogP contribution is 2.33. The number of piperidine rings is 1. The van der Waals surface area contributed by atoms with Gasteiger partial charge in [0.2, 0.25) is 11.6 Å². The molecule has 2 unspecified atom stereocenters. The second-order valence-corrected chi connectivity index (χ2v) is 10.9. The first-order valence-electron chi connectivity index (χ1n) is 14.2. The molecule has 236 valence electrons. The van der Waals surface area contributed by atoms with Crippen molar-refractivity contribution in [1.29, 1.82) is 0 Å². The van der Waals surface area contributed by atoms with Crippen molar-refractivity contribution in [1.82, 2.24) is 9.96 Å². The molecule has 1 fully saturated rings. The highest BCUT2D eigenvalue weighted by atomic mass is 16.8. The summed E-state index contributed by atoms with van der Waals surface area (Å²) in [7, 11) is 0.946. The van der Waals surface area contributed by atoms with E-state index in [0.29, 0.717) is 19.5 Å². The zero-order valence-electron chi connectivity index (χ0n) is 24.7. The topological polar surface area (TPSA) is 171 Å². The number of hydrogen-bond acceptors (Lipinski definition) is 10. The van der Waals surface area contributed by atoms with Crippen LogP contribution >= 0.6 is 0 Å². The number of hydrogen-bond donors (Lipinski definition) is 3. The van der Waals surface area contributed by atoms with E-state index in [4.69, 9.17) is 9.57 Å². The number of ether oxygens (including phenoxy) is 1. The zero-order chi connectivity index (χ0) is 32.8. The van der Waals surface area contributed by atoms with Gasteiger partial charge in [0, 0.05) is 24.2 Å². The Hall–Kier alpha value is -4.91. The highest BCUT2D eigenvalue weighted by Gasteiger charge is 2.71. The molecule has 3 aromatic carbocycles. The van der Waals surface area contributed by atoms with Crippen molar-refractivity contribution >= 4 is 29.6 Å². The minimum atomic E-state index is -4.07. The number of carboxylic acid groups (broad SMARTS) is 1. The molecule has 1 aliphatic rings. The second-order valence-electron chi connectivity index (χ2n) is 10.9. The summed E-state index contributed by atoms with van der Waals surface area (Å²) in [5.74, 6) is -7.88. The molecular weight excluding hydrogens is 584 g/mol. The minimum Gasteiger partial charge on any atom is -0.479 e. The van der Waals surface area contributed by atoms with Gasteiger partial charge in [-0.2, -0.15) is 0 Å². The van der Waals surface area contributed by atoms with E-state index < -0.39 is 58.0 Å². The smallest absolute Gasteiger partial charge is 0.443 e. The summed E-state index contributed by atoms with van der Waals surface area (Å²) in [5, 5.41) is 33.3. The maximum absolute atomic E-state index is 13.6. The van der Waals surface area contributed by atoms with Gasteiger partial charge in [-0.25, -0.2) is 14.4 Å². The molecule has 12 nitrogen and oxygen atoms in total. The monoisotopic (exact) mass is 618 g/mol. The standard InChI is InChI=1S/C33H34N2O10/c1-22-18-19-35(20-23-12-6-3-7-13-23)21-26(22)44-31(41)34(2)45-30(40)33(43,28(37)25-16-10-5-11-17-25)32(42,29(38)39)27(36)24-14-8-4-9-15-24/h3-17,22,26,42-43H,18-21H2,1-2H3,(H,38,39)/t22-,26+,32?,33?/m1/s1. The number of carbonyl (C=O) groups excluding carboxylic acids is 4. The van der Waals surface area contributed by atoms with Crippen molar-refractivity contribution in [3.8, 4) is 0 Å². The fraction of sp³-hybridized carbons (Fsp3) is 0.303. The lowest BCUT2D eigenvalue weighted by atomic mass is 9.73. The van der Waals surface area contributed by atoms with E-state index in [9.17, 15) is 39.3 Å². The third kappa shape index (κ3) is 6.78. The molecular formula is C33H34N2O10. The largest absolute Gasteiger partial charge is 0.479 e. The molecule has 0 aromatic heterocycles. The average Bonchev–Trinajstić information content (AvgIpc) is 3.05. The summed E-state index contributed by atoms with van der Waals surface area (Å²) in [6.07, 6.45) is -1.12. The highest BCUT2D eigenvalue weighted by molar-refractivity contribution is 6.28. The van der Waals surface area contributed by atoms with Crippen LogP contribution in [-0.4, -0.2) is 92.3 Å². The lowest BCUT2D eigenvalue weighted by Gasteiger charge is -2.38. The fourth-order valence-electron chi connectivity index (χ4n) is 5.09. The predicted octanol–water partition coefficient (Wildman–Crippen LogP) is 2.74. The van der Waals surface area contributed by atoms with Gasteiger partial charge in [0.1, 0.15) is 6.10 Å². The Labute approximate surface area is 259 Å². The zero-order valence-corrected chi connectivity index (χ0v) is 24.7. The van der Waals surface area contributed by atoms with Crippen molar-refractivity contribution in [2.75, 3.05) is 20.1 Å². The molecule has 0 bridgehead atoms. The summed E-state index contributed by atoms with van der Waals surface area (Å²) in [6.45, 7) is 3.63. The number of hydroxylamine groups is 2. The SMILES string of the molecule is C[C@@H]1CCN(Cc2ccccc2)C[C@@H]1OC(=O)N(C)OC(=O)C(O)(C(=O)c1ccccc1)C(O)(C(=O)O)C(=O)c1ccccc1. The van der Waals surface area contributed by atoms with Crippen LogP contribution in [0.3, 0.4) is 0 Å². The third-order valence-electron chi connectivity index (χ3n) is 7.81. The number of Topliss-reactive ketones (excluding diaryl/α,β-unsaturated/α-hetero) is 2. The Morgan fingerprint density at radius 2 is 1.31 bits per heavy atom. The number of carboxylic acids is 1. The lowest BCUT2D eigenvalue weighted by Crippen LogP contribution is -2.72. The summed E-state index contributed by atoms with van der Waals surface area (Å²) in [5.41, 5.74) is -7.89. The van der Waals surface area contributed by atoms with Gasteiger partial charge < -0.3 is 24.9 Å². The molecule has 1 saturated heterocycles. The van der Waals surface area contributed by atoms with Crippen molar-refractivity contribution in [3.05, 3.63) is 108 Å². The number of likely N-dealkylation sites (tertiary alicyclic amines) is 1. The number of aliphatic hydroxyl groups is 2. The van der Waals surface area contributed by atoms with Gasteiger partial charge in [0.05, 0.1) is 7.05 Å². The van der Waals surface area contributed by atoms with Crippen molar-refractivity contribution in [2.24, 2.45) is 5.92 Å². The van der Waals surface area contributed by atoms with E-state index in [2.05, 4.69) is 4.90 Å². The molecule has 0 radical (unpaired) electrons. The van der Waals surface area contributed by atoms with E-state index >= 15 is 0 Å². The molecule has 45 heavy (non-hydrogen) atoms. The van der Waals surface area contributed by atoms with Crippen LogP contribution in [0, 0.1) is 5.92 Å². The summed E-state index contributed by atoms with van der Waals surface area (Å²) >= 11 is 0. The van der Waals surface area contributed by atoms with Crippen molar-refractivity contribution < 1.29 is 48.9 Å². The number of ketones is 2. The Balaban J connectivity index is 1.59. The minimum absolute atomic E-state index is 0.0674. The molecule has 4 rings (SSSR count). The molecule has 1 heterocycles. The Kier molecular flexibility index (Phi) is 10.1. The van der Waals surface area contributed by atoms with Crippen LogP contribution in [0.4, 0.5) is 4.79 Å². The molecule has 4 atom stereocenters. The fourth-order valence-corrected chi connectivity index (χ4v) is 5.09. The maximum Gasteiger partial charge on any atom is 0.443 e. The van der Waals surface area contributed by atoms with Gasteiger partial charge >= 0.3 is 18.0 Å². The number of amides is 1. The predicted molar refractivity (Wildman–Crippen MR) is 159 cm³/mol. The molecule has 0 spiro atoms. The van der Waals surface area contributed by atoms with Crippen LogP contribution in [0.25, 0.3) is 0 Å². The quantitative estimate of drug-likeness (QED) is 0.173. The summed E-state index contributed by atoms with van der Waals surface area (Å²) in [6, 6.07) is 22.7. The number of rotatable bonds is 10. The van der Waals surface area contributed by atoms with Gasteiger partial charge in [0.15, 0.2) is 0 Å². The van der Waals surface area contributed by atoms with Crippen molar-refractivity contribution in [2.45, 2.75) is 37.2 Å². The number of aliphatic carboxylic acids is 1. The normalized spacial score (nSPS) is 19.3. The van der Waals surface area contributed by atoms with Gasteiger partial charge in [-0.1, -0.05) is 97.9 Å². The second kappa shape index (κ2) is 13.8. The Morgan fingerprint density at radius 3 is 1.82 bits per heavy atom. The Morgan fingerprint density at radius 1 is 0.822 bits per heavy atom. The van der Waals surface area contributed by atoms with Gasteiger partial charge in [-0.3, -0.25) is 14.5 Å². The molecule has 3 aromatic rings. The number of carbonyl (C=O) groups is 5. The lowest BCUT2D eigenvalue weighted by molar-refractivity contribution is -0.213. The first kappa shape index (κ1) is 33.0. The summed E-state index contributed by atoms with van der Waals surface area (Å²) in [4.78, 5) is 73.2.